The van der Waals surface area contributed by atoms with Gasteiger partial charge in [-0.1, -0.05) is 71.3 Å². The lowest BCUT2D eigenvalue weighted by atomic mass is 9.81. The van der Waals surface area contributed by atoms with Crippen LogP contribution >= 0.6 is 0 Å². The third kappa shape index (κ3) is 13.4. The molecule has 0 aromatic rings. The minimum Gasteiger partial charge on any atom is -0.456 e. The highest BCUT2D eigenvalue weighted by atomic mass is 16.7. The van der Waals surface area contributed by atoms with Crippen molar-refractivity contribution in [3.63, 3.8) is 0 Å². The van der Waals surface area contributed by atoms with Crippen LogP contribution in [0.15, 0.2) is 28.5 Å². The van der Waals surface area contributed by atoms with Gasteiger partial charge in [-0.05, 0) is 102 Å². The van der Waals surface area contributed by atoms with Gasteiger partial charge in [-0.25, -0.2) is 4.79 Å². The van der Waals surface area contributed by atoms with Crippen LogP contribution in [0.4, 0.5) is 0 Å². The number of unbranched alkanes of at least 4 members (excludes halogenated alkanes) is 1. The van der Waals surface area contributed by atoms with E-state index in [1.807, 2.05) is 19.9 Å². The normalized spacial score (nSPS) is 39.1. The summed E-state index contributed by atoms with van der Waals surface area (Å²) in [5, 5.41) is 39.4. The monoisotopic (exact) mass is 879 g/mol. The number of piperidine rings is 1. The van der Waals surface area contributed by atoms with Crippen LogP contribution in [0.5, 0.6) is 0 Å². The average Bonchev–Trinajstić information content (AvgIpc) is 3.25. The molecule has 14 nitrogen and oxygen atoms in total. The van der Waals surface area contributed by atoms with Crippen molar-refractivity contribution in [1.82, 2.24) is 4.90 Å². The molecule has 3 aliphatic heterocycles. The molecule has 3 N–H and O–H groups in total. The molecule has 0 radical (unpaired) electrons. The molecule has 2 saturated heterocycles. The zero-order valence-corrected chi connectivity index (χ0v) is 38.7. The van der Waals surface area contributed by atoms with E-state index in [1.165, 1.54) is 4.90 Å². The van der Waals surface area contributed by atoms with Crippen LogP contribution < -0.4 is 0 Å². The van der Waals surface area contributed by atoms with Gasteiger partial charge in [0.1, 0.15) is 24.9 Å². The number of hydrogen-bond acceptors (Lipinski definition) is 13. The van der Waals surface area contributed by atoms with E-state index in [0.29, 0.717) is 63.7 Å². The fourth-order valence-electron chi connectivity index (χ4n) is 9.85. The Morgan fingerprint density at radius 1 is 0.935 bits per heavy atom. The molecule has 4 aliphatic rings. The molecule has 14 heteroatoms. The first-order valence-electron chi connectivity index (χ1n) is 23.0. The number of ether oxygens (including phenoxy) is 5. The molecular weight excluding hydrogens is 797 g/mol. The number of cyclic esters (lactones) is 1. The lowest BCUT2D eigenvalue weighted by Crippen LogP contribution is -2.64. The number of Topliss-reactive ketones (excluding diaryl/α,β-unsaturated/α-hetero) is 1. The number of fused-ring (bicyclic) bond motifs is 3. The fourth-order valence-corrected chi connectivity index (χ4v) is 9.85. The highest BCUT2D eigenvalue weighted by molar-refractivity contribution is 6.39. The Labute approximate surface area is 372 Å². The van der Waals surface area contributed by atoms with E-state index in [0.717, 1.165) is 24.0 Å². The summed E-state index contributed by atoms with van der Waals surface area (Å²) in [6.07, 6.45) is 6.75. The summed E-state index contributed by atoms with van der Waals surface area (Å²) >= 11 is 0. The van der Waals surface area contributed by atoms with Crippen molar-refractivity contribution in [2.45, 2.75) is 194 Å². The molecule has 0 aromatic heterocycles. The van der Waals surface area contributed by atoms with E-state index in [4.69, 9.17) is 28.5 Å². The molecule has 2 bridgehead atoms. The second kappa shape index (κ2) is 25.1. The number of allylic oxidation sites excluding steroid dienone is 3. The second-order valence-corrected chi connectivity index (χ2v) is 18.5. The topological polar surface area (TPSA) is 183 Å². The number of carbonyl (C=O) groups is 3. The Morgan fingerprint density at radius 2 is 1.61 bits per heavy atom. The largest absolute Gasteiger partial charge is 0.456 e. The minimum atomic E-state index is -2.49. The van der Waals surface area contributed by atoms with E-state index in [9.17, 15) is 29.7 Å². The zero-order chi connectivity index (χ0) is 45.0. The smallest absolute Gasteiger partial charge is 0.329 e. The van der Waals surface area contributed by atoms with Gasteiger partial charge in [0.25, 0.3) is 11.7 Å². The Bertz CT molecular complexity index is 1530. The molecule has 14 atom stereocenters. The molecule has 1 amide bonds. The van der Waals surface area contributed by atoms with Crippen molar-refractivity contribution < 1.29 is 58.2 Å². The number of aliphatic hydroxyl groups is 3. The fraction of sp³-hybridized carbons (Fsp3) is 0.833. The maximum Gasteiger partial charge on any atom is 0.329 e. The highest BCUT2D eigenvalue weighted by Gasteiger charge is 2.56. The van der Waals surface area contributed by atoms with Gasteiger partial charge < -0.3 is 48.7 Å². The Morgan fingerprint density at radius 3 is 2.26 bits per heavy atom. The number of amides is 1. The number of aliphatic hydroxyl groups excluding tert-OH is 2. The van der Waals surface area contributed by atoms with E-state index >= 15 is 0 Å². The van der Waals surface area contributed by atoms with Crippen LogP contribution in [0.3, 0.4) is 0 Å². The quantitative estimate of drug-likeness (QED) is 0.0695. The molecule has 356 valence electrons. The molecule has 3 fully saturated rings. The van der Waals surface area contributed by atoms with Crippen molar-refractivity contribution in [3.05, 3.63) is 23.3 Å². The number of oxime groups is 1. The van der Waals surface area contributed by atoms with E-state index in [2.05, 4.69) is 38.9 Å². The van der Waals surface area contributed by atoms with Crippen molar-refractivity contribution >= 4 is 23.4 Å². The molecule has 4 rings (SSSR count). The number of methoxy groups -OCH3 is 3. The van der Waals surface area contributed by atoms with E-state index in [-0.39, 0.29) is 57.1 Å². The van der Waals surface area contributed by atoms with Crippen LogP contribution in [0.25, 0.3) is 0 Å². The molecule has 0 unspecified atom stereocenters. The van der Waals surface area contributed by atoms with Crippen LogP contribution in [0, 0.1) is 29.6 Å². The zero-order valence-electron chi connectivity index (χ0n) is 38.7. The molecule has 1 saturated carbocycles. The summed E-state index contributed by atoms with van der Waals surface area (Å²) in [6.45, 7) is 14.3. The first-order chi connectivity index (χ1) is 29.0. The maximum atomic E-state index is 14.5. The lowest BCUT2D eigenvalue weighted by molar-refractivity contribution is -0.302. The summed E-state index contributed by atoms with van der Waals surface area (Å²) in [5.74, 6) is -6.85. The van der Waals surface area contributed by atoms with Gasteiger partial charge in [-0.3, -0.25) is 9.59 Å². The van der Waals surface area contributed by atoms with Gasteiger partial charge >= 0.3 is 5.97 Å². The number of hydrogen-bond donors (Lipinski definition) is 3. The number of esters is 1. The average molecular weight is 879 g/mol. The number of ketones is 1. The lowest BCUT2D eigenvalue weighted by Gasteiger charge is -2.47. The Hall–Kier alpha value is -2.72. The third-order valence-corrected chi connectivity index (χ3v) is 13.7. The van der Waals surface area contributed by atoms with Gasteiger partial charge in [0.2, 0.25) is 5.79 Å². The molecular formula is C48H82N2O12. The number of rotatable bonds is 10. The maximum absolute atomic E-state index is 14.5. The third-order valence-electron chi connectivity index (χ3n) is 13.7. The SMILES string of the molecule is C.CCCCO/N=C1/C[C@H](O)[C@@H](C)[C@@H](/C(C)=C/[C@@H]2CC[C@@H](O)[C@H](OC)C2)OC(=O)[C@@H]2CCCCN2C(=O)C(=O)[C@]2(O)O[C@H]([C@@H](OC)C[C@@H](C)C/C(C)=C/[C@H]1CC)[C@@H](OC)C[C@H]2C. The minimum absolute atomic E-state index is 0. The molecule has 3 heterocycles. The molecule has 62 heavy (non-hydrogen) atoms. The standard InChI is InChI=1S/C47H78N2O12.CH4/c1-11-13-20-59-48-35-27-38(51)32(7)42(30(5)24-33-17-18-37(50)39(26-33)56-8)60-46(54)36-16-14-15-19-49(36)45(53)44(52)47(55)31(6)25-41(58-10)43(61-47)40(57-9)23-29(4)21-28(3)22-34(35)12-2;/h22,24,29,31-34,36-43,50-51,55H,11-21,23,25-27H2,1-10H3;1H4/b28-22+,30-24+,48-35-;/t29-,31+,32+,33-,34+,36-,37+,38-,39+,40-,41-,42+,43+,47+;/m0./s1. The van der Waals surface area contributed by atoms with Gasteiger partial charge in [0.15, 0.2) is 0 Å². The Kier molecular flexibility index (Phi) is 21.7. The van der Waals surface area contributed by atoms with Crippen LogP contribution in [0.2, 0.25) is 0 Å². The number of nitrogens with zero attached hydrogens (tertiary/aromatic N) is 2. The van der Waals surface area contributed by atoms with Crippen molar-refractivity contribution in [2.24, 2.45) is 34.7 Å². The highest BCUT2D eigenvalue weighted by Crippen LogP contribution is 2.39. The van der Waals surface area contributed by atoms with Gasteiger partial charge in [0.05, 0.1) is 36.2 Å². The predicted octanol–water partition coefficient (Wildman–Crippen LogP) is 6.71. The predicted molar refractivity (Wildman–Crippen MR) is 238 cm³/mol. The van der Waals surface area contributed by atoms with Gasteiger partial charge in [-0.15, -0.1) is 0 Å². The summed E-state index contributed by atoms with van der Waals surface area (Å²) < 4.78 is 30.2. The van der Waals surface area contributed by atoms with Crippen LogP contribution in [-0.4, -0.2) is 133 Å². The van der Waals surface area contributed by atoms with Crippen LogP contribution in [-0.2, 0) is 42.9 Å². The van der Waals surface area contributed by atoms with Gasteiger partial charge in [-0.2, -0.15) is 0 Å². The van der Waals surface area contributed by atoms with Crippen molar-refractivity contribution in [2.75, 3.05) is 34.5 Å². The van der Waals surface area contributed by atoms with Gasteiger partial charge in [0, 0.05) is 52.0 Å². The molecule has 0 spiro atoms. The van der Waals surface area contributed by atoms with E-state index < -0.39 is 77.9 Å². The first-order valence-corrected chi connectivity index (χ1v) is 23.0. The summed E-state index contributed by atoms with van der Waals surface area (Å²) in [4.78, 5) is 50.2. The van der Waals surface area contributed by atoms with Crippen molar-refractivity contribution in [1.29, 1.82) is 0 Å². The number of carbonyl (C=O) groups excluding carboxylic acids is 3. The second-order valence-electron chi connectivity index (χ2n) is 18.5. The van der Waals surface area contributed by atoms with Crippen molar-refractivity contribution in [3.8, 4) is 0 Å². The Balaban J connectivity index is 0.0000102. The van der Waals surface area contributed by atoms with Crippen LogP contribution in [0.1, 0.15) is 139 Å². The summed E-state index contributed by atoms with van der Waals surface area (Å²) in [7, 11) is 4.70. The molecule has 1 aliphatic carbocycles. The summed E-state index contributed by atoms with van der Waals surface area (Å²) in [5.41, 5.74) is 2.52. The molecule has 0 aromatic carbocycles. The summed E-state index contributed by atoms with van der Waals surface area (Å²) in [6, 6.07) is -1.11. The first kappa shape index (κ1) is 53.6. The van der Waals surface area contributed by atoms with E-state index in [1.54, 1.807) is 28.3 Å².